The molecule has 0 unspecified atom stereocenters. The number of nitriles is 1. The summed E-state index contributed by atoms with van der Waals surface area (Å²) in [5.41, 5.74) is 1.78. The van der Waals surface area contributed by atoms with E-state index in [2.05, 4.69) is 5.32 Å². The van der Waals surface area contributed by atoms with Gasteiger partial charge in [0, 0.05) is 16.1 Å². The zero-order valence-electron chi connectivity index (χ0n) is 10.4. The van der Waals surface area contributed by atoms with E-state index >= 15 is 0 Å². The monoisotopic (exact) mass is 268 g/mol. The molecule has 0 saturated carbocycles. The third-order valence-electron chi connectivity index (χ3n) is 2.51. The number of anilines is 1. The largest absolute Gasteiger partial charge is 0.322 e. The van der Waals surface area contributed by atoms with E-state index in [0.717, 1.165) is 4.88 Å². The van der Waals surface area contributed by atoms with Gasteiger partial charge in [0.2, 0.25) is 0 Å². The summed E-state index contributed by atoms with van der Waals surface area (Å²) in [7, 11) is 0. The Bertz CT molecular complexity index is 651. The average Bonchev–Trinajstić information content (AvgIpc) is 2.91. The summed E-state index contributed by atoms with van der Waals surface area (Å²) in [6.45, 7) is 1.77. The number of nitrogens with one attached hydrogen (secondary N) is 1. The molecule has 0 fully saturated rings. The second-order valence-corrected chi connectivity index (χ2v) is 4.97. The number of benzene rings is 1. The second-order valence-electron chi connectivity index (χ2n) is 3.99. The molecule has 1 amide bonds. The van der Waals surface area contributed by atoms with Gasteiger partial charge in [0.1, 0.15) is 0 Å². The highest BCUT2D eigenvalue weighted by Crippen LogP contribution is 2.15. The quantitative estimate of drug-likeness (QED) is 0.864. The number of rotatable bonds is 3. The molecule has 0 radical (unpaired) electrons. The fourth-order valence-corrected chi connectivity index (χ4v) is 2.26. The highest BCUT2D eigenvalue weighted by Gasteiger charge is 2.05. The number of thiophene rings is 1. The Morgan fingerprint density at radius 2 is 2.21 bits per heavy atom. The van der Waals surface area contributed by atoms with Gasteiger partial charge in [-0.15, -0.1) is 11.3 Å². The smallest absolute Gasteiger partial charge is 0.251 e. The molecule has 94 valence electrons. The molecule has 1 aromatic heterocycles. The first-order valence-electron chi connectivity index (χ1n) is 5.72. The first-order chi connectivity index (χ1) is 9.19. The third kappa shape index (κ3) is 3.54. The fourth-order valence-electron chi connectivity index (χ4n) is 1.55. The minimum absolute atomic E-state index is 0.163. The van der Waals surface area contributed by atoms with Gasteiger partial charge < -0.3 is 5.32 Å². The van der Waals surface area contributed by atoms with Gasteiger partial charge in [0.25, 0.3) is 5.91 Å². The van der Waals surface area contributed by atoms with Gasteiger partial charge in [-0.3, -0.25) is 4.79 Å². The zero-order valence-corrected chi connectivity index (χ0v) is 11.2. The van der Waals surface area contributed by atoms with Crippen LogP contribution in [0.2, 0.25) is 0 Å². The van der Waals surface area contributed by atoms with E-state index in [1.165, 1.54) is 0 Å². The van der Waals surface area contributed by atoms with Crippen molar-refractivity contribution >= 4 is 29.0 Å². The molecular weight excluding hydrogens is 256 g/mol. The molecule has 19 heavy (non-hydrogen) atoms. The third-order valence-corrected chi connectivity index (χ3v) is 3.33. The average molecular weight is 268 g/mol. The molecule has 0 atom stereocenters. The van der Waals surface area contributed by atoms with Crippen LogP contribution >= 0.6 is 11.3 Å². The minimum atomic E-state index is -0.163. The molecule has 1 N–H and O–H groups in total. The standard InChI is InChI=1S/C15H12N2OS/c1-11(8-14-6-3-7-19-14)15(18)17-13-5-2-4-12(9-13)10-16/h2-9H,1H3,(H,17,18)/b11-8+. The molecule has 1 aromatic carbocycles. The summed E-state index contributed by atoms with van der Waals surface area (Å²) in [5.74, 6) is -0.163. The fraction of sp³-hybridized carbons (Fsp3) is 0.0667. The van der Waals surface area contributed by atoms with Gasteiger partial charge in [0.05, 0.1) is 11.6 Å². The Morgan fingerprint density at radius 3 is 2.89 bits per heavy atom. The van der Waals surface area contributed by atoms with Crippen molar-refractivity contribution in [3.05, 3.63) is 57.8 Å². The molecule has 0 aliphatic heterocycles. The van der Waals surface area contributed by atoms with Crippen molar-refractivity contribution in [1.29, 1.82) is 5.26 Å². The first kappa shape index (κ1) is 13.1. The molecule has 1 heterocycles. The van der Waals surface area contributed by atoms with Crippen LogP contribution in [0.25, 0.3) is 6.08 Å². The molecule has 0 saturated heterocycles. The number of amides is 1. The van der Waals surface area contributed by atoms with Crippen molar-refractivity contribution in [2.24, 2.45) is 0 Å². The number of carbonyl (C=O) groups excluding carboxylic acids is 1. The molecule has 2 rings (SSSR count). The Hall–Kier alpha value is -2.38. The molecular formula is C15H12N2OS. The van der Waals surface area contributed by atoms with E-state index in [0.29, 0.717) is 16.8 Å². The van der Waals surface area contributed by atoms with E-state index in [9.17, 15) is 4.79 Å². The lowest BCUT2D eigenvalue weighted by atomic mass is 10.2. The lowest BCUT2D eigenvalue weighted by molar-refractivity contribution is -0.112. The molecule has 2 aromatic rings. The normalized spacial score (nSPS) is 10.8. The van der Waals surface area contributed by atoms with E-state index in [1.54, 1.807) is 42.5 Å². The van der Waals surface area contributed by atoms with Gasteiger partial charge in [-0.05, 0) is 42.6 Å². The maximum Gasteiger partial charge on any atom is 0.251 e. The van der Waals surface area contributed by atoms with Gasteiger partial charge in [0.15, 0.2) is 0 Å². The van der Waals surface area contributed by atoms with Crippen molar-refractivity contribution in [2.45, 2.75) is 6.92 Å². The zero-order chi connectivity index (χ0) is 13.7. The lowest BCUT2D eigenvalue weighted by Gasteiger charge is -2.05. The topological polar surface area (TPSA) is 52.9 Å². The minimum Gasteiger partial charge on any atom is -0.322 e. The van der Waals surface area contributed by atoms with E-state index in [1.807, 2.05) is 29.7 Å². The maximum atomic E-state index is 12.0. The van der Waals surface area contributed by atoms with Crippen molar-refractivity contribution in [2.75, 3.05) is 5.32 Å². The molecule has 4 heteroatoms. The van der Waals surface area contributed by atoms with Gasteiger partial charge in [-0.1, -0.05) is 12.1 Å². The summed E-state index contributed by atoms with van der Waals surface area (Å²) < 4.78 is 0. The Kier molecular flexibility index (Phi) is 4.11. The van der Waals surface area contributed by atoms with E-state index < -0.39 is 0 Å². The molecule has 0 aliphatic carbocycles. The summed E-state index contributed by atoms with van der Waals surface area (Å²) >= 11 is 1.58. The van der Waals surface area contributed by atoms with Crippen LogP contribution in [0.4, 0.5) is 5.69 Å². The predicted octanol–water partition coefficient (Wildman–Crippen LogP) is 3.66. The van der Waals surface area contributed by atoms with Crippen LogP contribution in [-0.2, 0) is 4.79 Å². The first-order valence-corrected chi connectivity index (χ1v) is 6.60. The number of hydrogen-bond acceptors (Lipinski definition) is 3. The number of hydrogen-bond donors (Lipinski definition) is 1. The Labute approximate surface area is 115 Å². The predicted molar refractivity (Wildman–Crippen MR) is 77.8 cm³/mol. The van der Waals surface area contributed by atoms with Crippen molar-refractivity contribution in [1.82, 2.24) is 0 Å². The molecule has 0 spiro atoms. The summed E-state index contributed by atoms with van der Waals surface area (Å²) in [6.07, 6.45) is 1.84. The summed E-state index contributed by atoms with van der Waals surface area (Å²) in [5, 5.41) is 13.5. The lowest BCUT2D eigenvalue weighted by Crippen LogP contribution is -2.12. The van der Waals surface area contributed by atoms with Crippen LogP contribution in [0, 0.1) is 11.3 Å². The van der Waals surface area contributed by atoms with Crippen molar-refractivity contribution in [3.63, 3.8) is 0 Å². The van der Waals surface area contributed by atoms with Crippen LogP contribution < -0.4 is 5.32 Å². The van der Waals surface area contributed by atoms with Crippen LogP contribution in [0.3, 0.4) is 0 Å². The highest BCUT2D eigenvalue weighted by atomic mass is 32.1. The summed E-state index contributed by atoms with van der Waals surface area (Å²) in [6, 6.07) is 12.8. The highest BCUT2D eigenvalue weighted by molar-refractivity contribution is 7.10. The molecule has 0 aliphatic rings. The van der Waals surface area contributed by atoms with Crippen molar-refractivity contribution in [3.8, 4) is 6.07 Å². The van der Waals surface area contributed by atoms with Crippen LogP contribution in [0.5, 0.6) is 0 Å². The maximum absolute atomic E-state index is 12.0. The van der Waals surface area contributed by atoms with Gasteiger partial charge >= 0.3 is 0 Å². The van der Waals surface area contributed by atoms with Crippen molar-refractivity contribution < 1.29 is 4.79 Å². The van der Waals surface area contributed by atoms with Gasteiger partial charge in [-0.25, -0.2) is 0 Å². The Morgan fingerprint density at radius 1 is 1.37 bits per heavy atom. The SMILES string of the molecule is C/C(=C\c1cccs1)C(=O)Nc1cccc(C#N)c1. The molecule has 0 bridgehead atoms. The Balaban J connectivity index is 2.11. The second kappa shape index (κ2) is 5.98. The summed E-state index contributed by atoms with van der Waals surface area (Å²) in [4.78, 5) is 13.0. The molecule has 3 nitrogen and oxygen atoms in total. The number of carbonyl (C=O) groups is 1. The van der Waals surface area contributed by atoms with Gasteiger partial charge in [-0.2, -0.15) is 5.26 Å². The van der Waals surface area contributed by atoms with Crippen LogP contribution in [-0.4, -0.2) is 5.91 Å². The van der Waals surface area contributed by atoms with Crippen LogP contribution in [0.1, 0.15) is 17.4 Å². The van der Waals surface area contributed by atoms with E-state index in [-0.39, 0.29) is 5.91 Å². The number of nitrogens with zero attached hydrogens (tertiary/aromatic N) is 1. The van der Waals surface area contributed by atoms with E-state index in [4.69, 9.17) is 5.26 Å². The van der Waals surface area contributed by atoms with Crippen LogP contribution in [0.15, 0.2) is 47.4 Å².